The number of nitrogens with zero attached hydrogens (tertiary/aromatic N) is 2. The third kappa shape index (κ3) is 4.15. The Kier molecular flexibility index (Phi) is 5.52. The zero-order chi connectivity index (χ0) is 15.2. The molecule has 21 heavy (non-hydrogen) atoms. The smallest absolute Gasteiger partial charge is 0.270 e. The zero-order valence-electron chi connectivity index (χ0n) is 12.3. The maximum absolute atomic E-state index is 10.9. The van der Waals surface area contributed by atoms with Gasteiger partial charge in [-0.05, 0) is 37.8 Å². The lowest BCUT2D eigenvalue weighted by Crippen LogP contribution is -2.35. The van der Waals surface area contributed by atoms with Crippen molar-refractivity contribution < 1.29 is 14.8 Å². The quantitative estimate of drug-likeness (QED) is 0.643. The van der Waals surface area contributed by atoms with Crippen LogP contribution in [-0.2, 0) is 6.54 Å². The molecule has 0 bridgehead atoms. The van der Waals surface area contributed by atoms with Gasteiger partial charge in [-0.1, -0.05) is 0 Å². The standard InChI is InChI=1S/C15H22N2O4/c1-21-15-5-4-14(17(19)20)9-13(15)11-16-7-2-3-12(10-16)6-8-18/h4-5,9,12,18H,2-3,6-8,10-11H2,1H3. The van der Waals surface area contributed by atoms with E-state index in [1.165, 1.54) is 6.07 Å². The van der Waals surface area contributed by atoms with E-state index in [-0.39, 0.29) is 17.2 Å². The van der Waals surface area contributed by atoms with Gasteiger partial charge in [0.05, 0.1) is 12.0 Å². The predicted octanol–water partition coefficient (Wildman–Crippen LogP) is 2.20. The van der Waals surface area contributed by atoms with Crippen molar-refractivity contribution in [1.82, 2.24) is 4.90 Å². The zero-order valence-corrected chi connectivity index (χ0v) is 12.3. The number of rotatable bonds is 6. The van der Waals surface area contributed by atoms with Crippen LogP contribution in [0.4, 0.5) is 5.69 Å². The van der Waals surface area contributed by atoms with E-state index in [9.17, 15) is 10.1 Å². The van der Waals surface area contributed by atoms with Crippen molar-refractivity contribution in [2.24, 2.45) is 5.92 Å². The van der Waals surface area contributed by atoms with E-state index in [1.54, 1.807) is 19.2 Å². The summed E-state index contributed by atoms with van der Waals surface area (Å²) < 4.78 is 5.31. The Hall–Kier alpha value is -1.66. The highest BCUT2D eigenvalue weighted by atomic mass is 16.6. The van der Waals surface area contributed by atoms with Crippen LogP contribution in [0.3, 0.4) is 0 Å². The first-order valence-electron chi connectivity index (χ1n) is 7.28. The molecule has 1 aliphatic heterocycles. The molecule has 0 amide bonds. The van der Waals surface area contributed by atoms with Crippen LogP contribution in [0, 0.1) is 16.0 Å². The molecule has 0 saturated carbocycles. The van der Waals surface area contributed by atoms with Crippen molar-refractivity contribution in [3.05, 3.63) is 33.9 Å². The highest BCUT2D eigenvalue weighted by Crippen LogP contribution is 2.27. The summed E-state index contributed by atoms with van der Waals surface area (Å²) in [6, 6.07) is 4.71. The summed E-state index contributed by atoms with van der Waals surface area (Å²) in [5.74, 6) is 1.19. The van der Waals surface area contributed by atoms with E-state index in [4.69, 9.17) is 9.84 Å². The summed E-state index contributed by atoms with van der Waals surface area (Å²) in [7, 11) is 1.58. The fourth-order valence-electron chi connectivity index (χ4n) is 2.96. The summed E-state index contributed by atoms with van der Waals surface area (Å²) in [6.07, 6.45) is 3.06. The van der Waals surface area contributed by atoms with Crippen LogP contribution in [-0.4, -0.2) is 41.7 Å². The third-order valence-corrected chi connectivity index (χ3v) is 4.01. The van der Waals surface area contributed by atoms with Crippen LogP contribution < -0.4 is 4.74 Å². The Bertz CT molecular complexity index is 491. The molecule has 0 spiro atoms. The van der Waals surface area contributed by atoms with Gasteiger partial charge in [-0.2, -0.15) is 0 Å². The number of aliphatic hydroxyl groups excluding tert-OH is 1. The number of non-ortho nitro benzene ring substituents is 1. The maximum atomic E-state index is 10.9. The predicted molar refractivity (Wildman–Crippen MR) is 79.4 cm³/mol. The molecule has 1 aliphatic rings. The number of methoxy groups -OCH3 is 1. The molecular formula is C15H22N2O4. The molecule has 6 heteroatoms. The highest BCUT2D eigenvalue weighted by Gasteiger charge is 2.21. The second-order valence-electron chi connectivity index (χ2n) is 5.51. The molecule has 1 heterocycles. The molecule has 1 fully saturated rings. The molecule has 116 valence electrons. The minimum Gasteiger partial charge on any atom is -0.496 e. The highest BCUT2D eigenvalue weighted by molar-refractivity contribution is 5.43. The summed E-state index contributed by atoms with van der Waals surface area (Å²) in [5.41, 5.74) is 0.936. The van der Waals surface area contributed by atoms with Gasteiger partial charge >= 0.3 is 0 Å². The SMILES string of the molecule is COc1ccc([N+](=O)[O-])cc1CN1CCCC(CCO)C1. The van der Waals surface area contributed by atoms with E-state index in [2.05, 4.69) is 4.90 Å². The minimum absolute atomic E-state index is 0.0923. The Morgan fingerprint density at radius 2 is 2.33 bits per heavy atom. The van der Waals surface area contributed by atoms with Crippen molar-refractivity contribution in [2.75, 3.05) is 26.8 Å². The molecule has 1 aromatic rings. The Labute approximate surface area is 124 Å². The average Bonchev–Trinajstić information content (AvgIpc) is 2.48. The van der Waals surface area contributed by atoms with Crippen LogP contribution in [0.5, 0.6) is 5.75 Å². The number of aliphatic hydroxyl groups is 1. The van der Waals surface area contributed by atoms with E-state index >= 15 is 0 Å². The Balaban J connectivity index is 2.10. The third-order valence-electron chi connectivity index (χ3n) is 4.01. The molecular weight excluding hydrogens is 272 g/mol. The molecule has 1 atom stereocenters. The van der Waals surface area contributed by atoms with E-state index in [0.29, 0.717) is 18.2 Å². The monoisotopic (exact) mass is 294 g/mol. The lowest BCUT2D eigenvalue weighted by molar-refractivity contribution is -0.385. The van der Waals surface area contributed by atoms with Crippen LogP contribution in [0.2, 0.25) is 0 Å². The number of nitro benzene ring substituents is 1. The molecule has 0 aliphatic carbocycles. The summed E-state index contributed by atoms with van der Waals surface area (Å²) >= 11 is 0. The molecule has 0 aromatic heterocycles. The lowest BCUT2D eigenvalue weighted by Gasteiger charge is -2.32. The fraction of sp³-hybridized carbons (Fsp3) is 0.600. The lowest BCUT2D eigenvalue weighted by atomic mass is 9.95. The van der Waals surface area contributed by atoms with Gasteiger partial charge in [-0.15, -0.1) is 0 Å². The second kappa shape index (κ2) is 7.38. The van der Waals surface area contributed by atoms with Gasteiger partial charge in [0.1, 0.15) is 5.75 Å². The molecule has 2 rings (SSSR count). The van der Waals surface area contributed by atoms with Gasteiger partial charge in [0.25, 0.3) is 5.69 Å². The van der Waals surface area contributed by atoms with E-state index in [0.717, 1.165) is 37.9 Å². The van der Waals surface area contributed by atoms with Gasteiger partial charge < -0.3 is 9.84 Å². The van der Waals surface area contributed by atoms with Crippen molar-refractivity contribution in [1.29, 1.82) is 0 Å². The topological polar surface area (TPSA) is 75.8 Å². The molecule has 6 nitrogen and oxygen atoms in total. The Morgan fingerprint density at radius 1 is 1.52 bits per heavy atom. The normalized spacial score (nSPS) is 19.4. The first kappa shape index (κ1) is 15.7. The first-order chi connectivity index (χ1) is 10.1. The molecule has 1 unspecified atom stereocenters. The molecule has 1 saturated heterocycles. The first-order valence-corrected chi connectivity index (χ1v) is 7.28. The van der Waals surface area contributed by atoms with Crippen molar-refractivity contribution in [2.45, 2.75) is 25.8 Å². The van der Waals surface area contributed by atoms with Crippen molar-refractivity contribution >= 4 is 5.69 Å². The largest absolute Gasteiger partial charge is 0.496 e. The van der Waals surface area contributed by atoms with Crippen molar-refractivity contribution in [3.8, 4) is 5.75 Å². The average molecular weight is 294 g/mol. The second-order valence-corrected chi connectivity index (χ2v) is 5.51. The number of nitro groups is 1. The summed E-state index contributed by atoms with van der Waals surface area (Å²) in [4.78, 5) is 12.8. The number of benzene rings is 1. The molecule has 1 N–H and O–H groups in total. The molecule has 1 aromatic carbocycles. The molecule has 0 radical (unpaired) electrons. The van der Waals surface area contributed by atoms with Gasteiger partial charge in [0.2, 0.25) is 0 Å². The van der Waals surface area contributed by atoms with Crippen LogP contribution in [0.15, 0.2) is 18.2 Å². The number of piperidine rings is 1. The number of hydrogen-bond donors (Lipinski definition) is 1. The van der Waals surface area contributed by atoms with Crippen LogP contribution in [0.25, 0.3) is 0 Å². The maximum Gasteiger partial charge on any atom is 0.270 e. The van der Waals surface area contributed by atoms with E-state index < -0.39 is 0 Å². The summed E-state index contributed by atoms with van der Waals surface area (Å²) in [6.45, 7) is 2.77. The van der Waals surface area contributed by atoms with Gasteiger partial charge in [0, 0.05) is 37.4 Å². The van der Waals surface area contributed by atoms with E-state index in [1.807, 2.05) is 0 Å². The number of hydrogen-bond acceptors (Lipinski definition) is 5. The van der Waals surface area contributed by atoms with Gasteiger partial charge in [-0.3, -0.25) is 15.0 Å². The van der Waals surface area contributed by atoms with Gasteiger partial charge in [-0.25, -0.2) is 0 Å². The summed E-state index contributed by atoms with van der Waals surface area (Å²) in [5, 5.41) is 20.0. The number of ether oxygens (including phenoxy) is 1. The Morgan fingerprint density at radius 3 is 3.00 bits per heavy atom. The van der Waals surface area contributed by atoms with Crippen LogP contribution >= 0.6 is 0 Å². The number of likely N-dealkylation sites (tertiary alicyclic amines) is 1. The minimum atomic E-state index is -0.381. The van der Waals surface area contributed by atoms with Gasteiger partial charge in [0.15, 0.2) is 0 Å². The van der Waals surface area contributed by atoms with Crippen molar-refractivity contribution in [3.63, 3.8) is 0 Å². The van der Waals surface area contributed by atoms with Crippen LogP contribution in [0.1, 0.15) is 24.8 Å². The fourth-order valence-corrected chi connectivity index (χ4v) is 2.96.